The molecule has 1 aromatic heterocycles. The molecule has 2 aliphatic rings. The quantitative estimate of drug-likeness (QED) is 0.889. The van der Waals surface area contributed by atoms with E-state index in [0.29, 0.717) is 17.4 Å². The maximum atomic E-state index is 12.9. The van der Waals surface area contributed by atoms with Gasteiger partial charge in [-0.25, -0.2) is 4.98 Å². The van der Waals surface area contributed by atoms with E-state index in [1.807, 2.05) is 26.2 Å². The van der Waals surface area contributed by atoms with Crippen LogP contribution < -0.4 is 9.62 Å². The average Bonchev–Trinajstić information content (AvgIpc) is 3.34. The maximum Gasteiger partial charge on any atom is 0.281 e. The Morgan fingerprint density at radius 1 is 1.16 bits per heavy atom. The molecule has 2 aromatic rings. The Balaban J connectivity index is 1.66. The van der Waals surface area contributed by atoms with Crippen LogP contribution in [0.15, 0.2) is 41.6 Å². The minimum Gasteiger partial charge on any atom is -0.375 e. The predicted octanol–water partition coefficient (Wildman–Crippen LogP) is 2.43. The fraction of sp³-hybridized carbons (Fsp3) is 0.389. The SMILES string of the molecule is CN(C)c1cccnc1S(=O)(=O)Nc1cccc2c1CN(C1CC1)C2. The van der Waals surface area contributed by atoms with E-state index in [2.05, 4.69) is 20.7 Å². The second-order valence-corrected chi connectivity index (χ2v) is 8.50. The summed E-state index contributed by atoms with van der Waals surface area (Å²) in [6.07, 6.45) is 4.00. The maximum absolute atomic E-state index is 12.9. The van der Waals surface area contributed by atoms with E-state index in [4.69, 9.17) is 0 Å². The van der Waals surface area contributed by atoms with E-state index in [1.54, 1.807) is 17.0 Å². The molecule has 7 heteroatoms. The molecule has 0 amide bonds. The monoisotopic (exact) mass is 358 g/mol. The van der Waals surface area contributed by atoms with E-state index in [1.165, 1.54) is 24.6 Å². The molecule has 1 aliphatic heterocycles. The molecule has 1 fully saturated rings. The van der Waals surface area contributed by atoms with Crippen molar-refractivity contribution in [2.45, 2.75) is 37.0 Å². The topological polar surface area (TPSA) is 65.5 Å². The van der Waals surface area contributed by atoms with E-state index in [9.17, 15) is 8.42 Å². The van der Waals surface area contributed by atoms with Crippen molar-refractivity contribution in [3.63, 3.8) is 0 Å². The molecule has 132 valence electrons. The molecule has 1 aliphatic carbocycles. The minimum atomic E-state index is -3.75. The fourth-order valence-corrected chi connectivity index (χ4v) is 4.67. The molecule has 0 bridgehead atoms. The van der Waals surface area contributed by atoms with Gasteiger partial charge in [-0.3, -0.25) is 9.62 Å². The van der Waals surface area contributed by atoms with Crippen molar-refractivity contribution in [1.29, 1.82) is 0 Å². The highest BCUT2D eigenvalue weighted by Crippen LogP contribution is 2.37. The first-order valence-electron chi connectivity index (χ1n) is 8.46. The van der Waals surface area contributed by atoms with Crippen molar-refractivity contribution >= 4 is 21.4 Å². The van der Waals surface area contributed by atoms with Crippen LogP contribution in [0.3, 0.4) is 0 Å². The van der Waals surface area contributed by atoms with Gasteiger partial charge in [0.1, 0.15) is 0 Å². The van der Waals surface area contributed by atoms with Crippen LogP contribution in [0.1, 0.15) is 24.0 Å². The third kappa shape index (κ3) is 3.09. The number of sulfonamides is 1. The second-order valence-electron chi connectivity index (χ2n) is 6.91. The molecule has 1 saturated carbocycles. The number of benzene rings is 1. The van der Waals surface area contributed by atoms with Gasteiger partial charge in [-0.2, -0.15) is 8.42 Å². The number of fused-ring (bicyclic) bond motifs is 1. The molecule has 0 spiro atoms. The third-order valence-corrected chi connectivity index (χ3v) is 6.11. The Kier molecular flexibility index (Phi) is 3.92. The Morgan fingerprint density at radius 2 is 1.96 bits per heavy atom. The van der Waals surface area contributed by atoms with Gasteiger partial charge in [0, 0.05) is 39.4 Å². The molecule has 1 aromatic carbocycles. The highest BCUT2D eigenvalue weighted by atomic mass is 32.2. The average molecular weight is 358 g/mol. The first-order chi connectivity index (χ1) is 12.0. The number of rotatable bonds is 5. The molecule has 2 heterocycles. The standard InChI is InChI=1S/C18H22N4O2S/c1-21(2)17-7-4-10-19-18(17)25(23,24)20-16-6-3-5-13-11-22(12-15(13)16)14-8-9-14/h3-7,10,14,20H,8-9,11-12H2,1-2H3. The highest BCUT2D eigenvalue weighted by Gasteiger charge is 2.34. The summed E-state index contributed by atoms with van der Waals surface area (Å²) in [7, 11) is -0.135. The van der Waals surface area contributed by atoms with Crippen molar-refractivity contribution in [3.8, 4) is 0 Å². The number of nitrogens with zero attached hydrogens (tertiary/aromatic N) is 3. The number of pyridine rings is 1. The third-order valence-electron chi connectivity index (χ3n) is 4.80. The summed E-state index contributed by atoms with van der Waals surface area (Å²) >= 11 is 0. The molecule has 25 heavy (non-hydrogen) atoms. The number of nitrogens with one attached hydrogen (secondary N) is 1. The van der Waals surface area contributed by atoms with Crippen molar-refractivity contribution in [2.24, 2.45) is 0 Å². The first-order valence-corrected chi connectivity index (χ1v) is 9.94. The van der Waals surface area contributed by atoms with Gasteiger partial charge >= 0.3 is 0 Å². The normalized spacial score (nSPS) is 17.4. The lowest BCUT2D eigenvalue weighted by molar-refractivity contribution is 0.273. The second kappa shape index (κ2) is 6.00. The zero-order valence-electron chi connectivity index (χ0n) is 14.4. The van der Waals surface area contributed by atoms with Gasteiger partial charge in [0.2, 0.25) is 0 Å². The van der Waals surface area contributed by atoms with Crippen LogP contribution in [-0.4, -0.2) is 38.4 Å². The smallest absolute Gasteiger partial charge is 0.281 e. The van der Waals surface area contributed by atoms with E-state index in [-0.39, 0.29) is 5.03 Å². The van der Waals surface area contributed by atoms with Gasteiger partial charge in [0.25, 0.3) is 10.0 Å². The van der Waals surface area contributed by atoms with Gasteiger partial charge < -0.3 is 4.90 Å². The Morgan fingerprint density at radius 3 is 2.68 bits per heavy atom. The summed E-state index contributed by atoms with van der Waals surface area (Å²) in [6, 6.07) is 9.99. The van der Waals surface area contributed by atoms with Crippen molar-refractivity contribution in [2.75, 3.05) is 23.7 Å². The molecular weight excluding hydrogens is 336 g/mol. The van der Waals surface area contributed by atoms with E-state index < -0.39 is 10.0 Å². The molecule has 4 rings (SSSR count). The van der Waals surface area contributed by atoms with Gasteiger partial charge in [-0.1, -0.05) is 12.1 Å². The molecule has 1 N–H and O–H groups in total. The number of hydrogen-bond acceptors (Lipinski definition) is 5. The Labute approximate surface area is 148 Å². The zero-order chi connectivity index (χ0) is 17.6. The first kappa shape index (κ1) is 16.4. The van der Waals surface area contributed by atoms with Crippen molar-refractivity contribution < 1.29 is 8.42 Å². The van der Waals surface area contributed by atoms with Gasteiger partial charge in [-0.15, -0.1) is 0 Å². The van der Waals surface area contributed by atoms with Crippen LogP contribution in [0, 0.1) is 0 Å². The van der Waals surface area contributed by atoms with E-state index >= 15 is 0 Å². The largest absolute Gasteiger partial charge is 0.375 e. The lowest BCUT2D eigenvalue weighted by Gasteiger charge is -2.18. The number of aromatic nitrogens is 1. The van der Waals surface area contributed by atoms with Crippen LogP contribution in [0.5, 0.6) is 0 Å². The zero-order valence-corrected chi connectivity index (χ0v) is 15.3. The number of anilines is 2. The van der Waals surface area contributed by atoms with Gasteiger partial charge in [0.15, 0.2) is 5.03 Å². The van der Waals surface area contributed by atoms with Crippen molar-refractivity contribution in [3.05, 3.63) is 47.7 Å². The van der Waals surface area contributed by atoms with Crippen LogP contribution in [0.2, 0.25) is 0 Å². The molecule has 0 unspecified atom stereocenters. The predicted molar refractivity (Wildman–Crippen MR) is 98.1 cm³/mol. The molecule has 0 atom stereocenters. The van der Waals surface area contributed by atoms with Crippen LogP contribution in [0.25, 0.3) is 0 Å². The summed E-state index contributed by atoms with van der Waals surface area (Å²) in [5.74, 6) is 0. The van der Waals surface area contributed by atoms with Crippen LogP contribution >= 0.6 is 0 Å². The lowest BCUT2D eigenvalue weighted by atomic mass is 10.1. The molecular formula is C18H22N4O2S. The lowest BCUT2D eigenvalue weighted by Crippen LogP contribution is -2.21. The Hall–Kier alpha value is -2.12. The van der Waals surface area contributed by atoms with Crippen molar-refractivity contribution in [1.82, 2.24) is 9.88 Å². The molecule has 0 radical (unpaired) electrons. The molecule has 0 saturated heterocycles. The summed E-state index contributed by atoms with van der Waals surface area (Å²) < 4.78 is 28.6. The van der Waals surface area contributed by atoms with Gasteiger partial charge in [-0.05, 0) is 42.2 Å². The summed E-state index contributed by atoms with van der Waals surface area (Å²) in [5, 5.41) is 0.0506. The van der Waals surface area contributed by atoms with Gasteiger partial charge in [0.05, 0.1) is 11.4 Å². The summed E-state index contributed by atoms with van der Waals surface area (Å²) in [5.41, 5.74) is 3.53. The summed E-state index contributed by atoms with van der Waals surface area (Å²) in [6.45, 7) is 1.71. The summed E-state index contributed by atoms with van der Waals surface area (Å²) in [4.78, 5) is 8.29. The highest BCUT2D eigenvalue weighted by molar-refractivity contribution is 7.92. The minimum absolute atomic E-state index is 0.0506. The fourth-order valence-electron chi connectivity index (χ4n) is 3.36. The Bertz CT molecular complexity index is 907. The van der Waals surface area contributed by atoms with Crippen LogP contribution in [0.4, 0.5) is 11.4 Å². The van der Waals surface area contributed by atoms with Crippen LogP contribution in [-0.2, 0) is 23.1 Å². The van der Waals surface area contributed by atoms with E-state index in [0.717, 1.165) is 18.7 Å². The number of hydrogen-bond donors (Lipinski definition) is 1. The molecule has 6 nitrogen and oxygen atoms in total.